The molecule has 0 bridgehead atoms. The van der Waals surface area contributed by atoms with Gasteiger partial charge in [0.15, 0.2) is 5.25 Å². The van der Waals surface area contributed by atoms with Crippen molar-refractivity contribution in [2.45, 2.75) is 37.6 Å². The highest BCUT2D eigenvalue weighted by Crippen LogP contribution is 2.31. The third-order valence-corrected chi connectivity index (χ3v) is 3.35. The topological polar surface area (TPSA) is 34.1 Å². The van der Waals surface area contributed by atoms with Crippen LogP contribution in [0.4, 0.5) is 13.2 Å². The molecule has 0 aliphatic carbocycles. The largest absolute Gasteiger partial charge is 0.406 e. The van der Waals surface area contributed by atoms with E-state index >= 15 is 0 Å². The van der Waals surface area contributed by atoms with Crippen LogP contribution in [0.1, 0.15) is 26.2 Å². The number of alkyl halides is 3. The molecule has 0 radical (unpaired) electrons. The van der Waals surface area contributed by atoms with Crippen LogP contribution < -0.4 is 0 Å². The van der Waals surface area contributed by atoms with E-state index in [4.69, 9.17) is 0 Å². The molecular weight excluding hydrogens is 229 g/mol. The van der Waals surface area contributed by atoms with E-state index in [0.29, 0.717) is 6.42 Å². The van der Waals surface area contributed by atoms with Crippen molar-refractivity contribution in [2.24, 2.45) is 0 Å². The molecule has 1 atom stereocenters. The molecule has 2 nitrogen and oxygen atoms in total. The third-order valence-electron chi connectivity index (χ3n) is 1.52. The van der Waals surface area contributed by atoms with Gasteiger partial charge in [0.05, 0.1) is 0 Å². The zero-order valence-electron chi connectivity index (χ0n) is 6.94. The van der Waals surface area contributed by atoms with Gasteiger partial charge in [-0.15, -0.1) is 0 Å². The summed E-state index contributed by atoms with van der Waals surface area (Å²) >= 11 is 0. The first kappa shape index (κ1) is 13.0. The molecule has 0 N–H and O–H groups in total. The molecule has 7 heteroatoms. The Hall–Kier alpha value is 0.0300. The Balaban J connectivity index is 4.59. The van der Waals surface area contributed by atoms with Crippen LogP contribution in [0.5, 0.6) is 0 Å². The number of hydrogen-bond donors (Lipinski definition) is 0. The predicted molar refractivity (Wildman–Crippen MR) is 44.1 cm³/mol. The molecule has 0 aliphatic heterocycles. The summed E-state index contributed by atoms with van der Waals surface area (Å²) in [5, 5.41) is -2.43. The third kappa shape index (κ3) is 4.71. The van der Waals surface area contributed by atoms with Crippen molar-refractivity contribution in [3.05, 3.63) is 0 Å². The first-order valence-corrected chi connectivity index (χ1v) is 6.07. The fourth-order valence-electron chi connectivity index (χ4n) is 0.854. The standard InChI is InChI=1S/C6H10ClF3O2S/c1-2-3-4-5(6(8,9)10)13(7,11)12/h5H,2-4H2,1H3. The van der Waals surface area contributed by atoms with Gasteiger partial charge >= 0.3 is 6.18 Å². The van der Waals surface area contributed by atoms with E-state index < -0.39 is 26.9 Å². The van der Waals surface area contributed by atoms with Crippen molar-refractivity contribution < 1.29 is 21.6 Å². The van der Waals surface area contributed by atoms with Gasteiger partial charge in [-0.05, 0) is 6.42 Å². The molecule has 1 unspecified atom stereocenters. The van der Waals surface area contributed by atoms with Gasteiger partial charge in [0.1, 0.15) is 0 Å². The fourth-order valence-corrected chi connectivity index (χ4v) is 2.19. The molecule has 0 rings (SSSR count). The van der Waals surface area contributed by atoms with Gasteiger partial charge in [-0.25, -0.2) is 8.42 Å². The number of halogens is 4. The summed E-state index contributed by atoms with van der Waals surface area (Å²) in [6, 6.07) is 0. The van der Waals surface area contributed by atoms with Crippen molar-refractivity contribution in [1.29, 1.82) is 0 Å². The van der Waals surface area contributed by atoms with Gasteiger partial charge < -0.3 is 0 Å². The van der Waals surface area contributed by atoms with Crippen LogP contribution in [0, 0.1) is 0 Å². The molecule has 0 aromatic carbocycles. The van der Waals surface area contributed by atoms with E-state index in [0.717, 1.165) is 0 Å². The summed E-state index contributed by atoms with van der Waals surface area (Å²) < 4.78 is 57.3. The molecule has 0 saturated carbocycles. The Bertz CT molecular complexity index is 247. The van der Waals surface area contributed by atoms with Crippen molar-refractivity contribution in [3.63, 3.8) is 0 Å². The molecule has 80 valence electrons. The van der Waals surface area contributed by atoms with Gasteiger partial charge in [-0.2, -0.15) is 13.2 Å². The normalized spacial score (nSPS) is 15.8. The first-order valence-electron chi connectivity index (χ1n) is 3.69. The number of rotatable bonds is 4. The number of hydrogen-bond acceptors (Lipinski definition) is 2. The maximum absolute atomic E-state index is 12.1. The molecular formula is C6H10ClF3O2S. The maximum atomic E-state index is 12.1. The van der Waals surface area contributed by atoms with E-state index in [1.807, 2.05) is 0 Å². The zero-order valence-corrected chi connectivity index (χ0v) is 8.51. The van der Waals surface area contributed by atoms with E-state index in [2.05, 4.69) is 10.7 Å². The van der Waals surface area contributed by atoms with Crippen LogP contribution in [0.3, 0.4) is 0 Å². The monoisotopic (exact) mass is 238 g/mol. The molecule has 0 aromatic rings. The van der Waals surface area contributed by atoms with Gasteiger partial charge in [0, 0.05) is 10.7 Å². The van der Waals surface area contributed by atoms with Gasteiger partial charge in [-0.3, -0.25) is 0 Å². The summed E-state index contributed by atoms with van der Waals surface area (Å²) in [6.07, 6.45) is -4.54. The summed E-state index contributed by atoms with van der Waals surface area (Å²) in [5.41, 5.74) is 0. The van der Waals surface area contributed by atoms with Crippen LogP contribution in [0.2, 0.25) is 0 Å². The van der Waals surface area contributed by atoms with Crippen molar-refractivity contribution in [3.8, 4) is 0 Å². The average Bonchev–Trinajstić information content (AvgIpc) is 1.81. The lowest BCUT2D eigenvalue weighted by Gasteiger charge is -2.16. The van der Waals surface area contributed by atoms with Gasteiger partial charge in [0.2, 0.25) is 9.05 Å². The molecule has 0 aromatic heterocycles. The minimum Gasteiger partial charge on any atom is -0.212 e. The summed E-state index contributed by atoms with van der Waals surface area (Å²) in [7, 11) is 0.124. The minimum absolute atomic E-state index is 0.191. The molecule has 0 amide bonds. The van der Waals surface area contributed by atoms with Crippen molar-refractivity contribution >= 4 is 19.7 Å². The Morgan fingerprint density at radius 2 is 1.85 bits per heavy atom. The Labute approximate surface area is 79.5 Å². The molecule has 0 fully saturated rings. The molecule has 0 saturated heterocycles. The number of unbranched alkanes of at least 4 members (excludes halogenated alkanes) is 1. The Morgan fingerprint density at radius 1 is 1.38 bits per heavy atom. The highest BCUT2D eigenvalue weighted by molar-refractivity contribution is 8.14. The quantitative estimate of drug-likeness (QED) is 0.706. The van der Waals surface area contributed by atoms with E-state index in [1.165, 1.54) is 0 Å². The lowest BCUT2D eigenvalue weighted by molar-refractivity contribution is -0.131. The van der Waals surface area contributed by atoms with Gasteiger partial charge in [0.25, 0.3) is 0 Å². The second-order valence-electron chi connectivity index (χ2n) is 2.65. The minimum atomic E-state index is -4.77. The smallest absolute Gasteiger partial charge is 0.212 e. The Morgan fingerprint density at radius 3 is 2.08 bits per heavy atom. The lowest BCUT2D eigenvalue weighted by Crippen LogP contribution is -2.33. The van der Waals surface area contributed by atoms with Crippen LogP contribution in [0.15, 0.2) is 0 Å². The zero-order chi connectivity index (χ0) is 10.7. The predicted octanol–water partition coefficient (Wildman–Crippen LogP) is 2.68. The Kier molecular flexibility index (Phi) is 4.51. The second kappa shape index (κ2) is 4.50. The van der Waals surface area contributed by atoms with Crippen molar-refractivity contribution in [1.82, 2.24) is 0 Å². The lowest BCUT2D eigenvalue weighted by atomic mass is 10.2. The average molecular weight is 239 g/mol. The first-order chi connectivity index (χ1) is 5.69. The van der Waals surface area contributed by atoms with Crippen LogP contribution >= 0.6 is 10.7 Å². The molecule has 0 aliphatic rings. The van der Waals surface area contributed by atoms with Crippen LogP contribution in [0.25, 0.3) is 0 Å². The molecule has 0 spiro atoms. The highest BCUT2D eigenvalue weighted by Gasteiger charge is 2.47. The SMILES string of the molecule is CCCCC(C(F)(F)F)S(=O)(=O)Cl. The van der Waals surface area contributed by atoms with E-state index in [1.54, 1.807) is 6.92 Å². The van der Waals surface area contributed by atoms with Crippen molar-refractivity contribution in [2.75, 3.05) is 0 Å². The molecule has 0 heterocycles. The maximum Gasteiger partial charge on any atom is 0.406 e. The molecule has 13 heavy (non-hydrogen) atoms. The summed E-state index contributed by atoms with van der Waals surface area (Å²) in [4.78, 5) is 0. The highest BCUT2D eigenvalue weighted by atomic mass is 35.7. The van der Waals surface area contributed by atoms with Crippen LogP contribution in [-0.4, -0.2) is 19.8 Å². The van der Waals surface area contributed by atoms with E-state index in [-0.39, 0.29) is 6.42 Å². The van der Waals surface area contributed by atoms with E-state index in [9.17, 15) is 21.6 Å². The van der Waals surface area contributed by atoms with Gasteiger partial charge in [-0.1, -0.05) is 19.8 Å². The summed E-state index contributed by atoms with van der Waals surface area (Å²) in [6.45, 7) is 1.67. The van der Waals surface area contributed by atoms with Crippen LogP contribution in [-0.2, 0) is 9.05 Å². The second-order valence-corrected chi connectivity index (χ2v) is 5.46. The fraction of sp³-hybridized carbons (Fsp3) is 1.00. The summed E-state index contributed by atoms with van der Waals surface area (Å²) in [5.74, 6) is 0.